The number of aromatic nitrogens is 1. The summed E-state index contributed by atoms with van der Waals surface area (Å²) in [7, 11) is 5.09. The molecule has 1 saturated heterocycles. The number of rotatable bonds is 6. The fourth-order valence-electron chi connectivity index (χ4n) is 3.36. The Morgan fingerprint density at radius 2 is 1.85 bits per heavy atom. The fraction of sp³-hybridized carbons (Fsp3) is 0.526. The number of carbonyl (C=O) groups excluding carboxylic acids is 1. The van der Waals surface area contributed by atoms with Crippen LogP contribution in [0.15, 0.2) is 18.2 Å². The molecule has 26 heavy (non-hydrogen) atoms. The standard InChI is InChI=1S/C19H27N3O4/c1-13(22-5-7-26-8-6-22)12-20-19(23)16-9-14-10-17(24-3)18(25-4)11-15(14)21(16)2/h9-11,13H,5-8,12H2,1-4H3,(H,20,23). The van der Waals surface area contributed by atoms with Crippen LogP contribution in [-0.2, 0) is 11.8 Å². The van der Waals surface area contributed by atoms with E-state index >= 15 is 0 Å². The van der Waals surface area contributed by atoms with E-state index in [4.69, 9.17) is 14.2 Å². The second-order valence-corrected chi connectivity index (χ2v) is 6.56. The van der Waals surface area contributed by atoms with Crippen LogP contribution >= 0.6 is 0 Å². The van der Waals surface area contributed by atoms with Crippen molar-refractivity contribution in [3.05, 3.63) is 23.9 Å². The topological polar surface area (TPSA) is 65.0 Å². The molecule has 1 fully saturated rings. The minimum absolute atomic E-state index is 0.0817. The fourth-order valence-corrected chi connectivity index (χ4v) is 3.36. The van der Waals surface area contributed by atoms with Gasteiger partial charge in [-0.1, -0.05) is 0 Å². The summed E-state index contributed by atoms with van der Waals surface area (Å²) in [4.78, 5) is 15.0. The van der Waals surface area contributed by atoms with Gasteiger partial charge in [-0.2, -0.15) is 0 Å². The molecule has 0 saturated carbocycles. The van der Waals surface area contributed by atoms with Crippen molar-refractivity contribution < 1.29 is 19.0 Å². The van der Waals surface area contributed by atoms with Gasteiger partial charge in [0, 0.05) is 44.2 Å². The van der Waals surface area contributed by atoms with Crippen molar-refractivity contribution in [3.8, 4) is 11.5 Å². The number of fused-ring (bicyclic) bond motifs is 1. The molecule has 1 amide bonds. The maximum absolute atomic E-state index is 12.7. The minimum atomic E-state index is -0.0817. The first-order valence-corrected chi connectivity index (χ1v) is 8.86. The Kier molecular flexibility index (Phi) is 5.68. The number of carbonyl (C=O) groups is 1. The molecular weight excluding hydrogens is 334 g/mol. The van der Waals surface area contributed by atoms with Gasteiger partial charge in [0.25, 0.3) is 5.91 Å². The van der Waals surface area contributed by atoms with E-state index in [1.54, 1.807) is 14.2 Å². The van der Waals surface area contributed by atoms with Gasteiger partial charge in [0.15, 0.2) is 11.5 Å². The predicted molar refractivity (Wildman–Crippen MR) is 100 cm³/mol. The van der Waals surface area contributed by atoms with E-state index in [1.807, 2.05) is 29.8 Å². The van der Waals surface area contributed by atoms with Gasteiger partial charge in [-0.05, 0) is 19.1 Å². The molecule has 1 aromatic carbocycles. The number of aryl methyl sites for hydroxylation is 1. The van der Waals surface area contributed by atoms with E-state index in [0.717, 1.165) is 37.2 Å². The molecule has 0 spiro atoms. The quantitative estimate of drug-likeness (QED) is 0.848. The monoisotopic (exact) mass is 361 g/mol. The van der Waals surface area contributed by atoms with Crippen molar-refractivity contribution in [2.75, 3.05) is 47.1 Å². The number of nitrogens with zero attached hydrogens (tertiary/aromatic N) is 2. The lowest BCUT2D eigenvalue weighted by Crippen LogP contribution is -2.47. The number of methoxy groups -OCH3 is 2. The first-order valence-electron chi connectivity index (χ1n) is 8.86. The Morgan fingerprint density at radius 1 is 1.19 bits per heavy atom. The highest BCUT2D eigenvalue weighted by Crippen LogP contribution is 2.33. The van der Waals surface area contributed by atoms with E-state index in [2.05, 4.69) is 17.1 Å². The van der Waals surface area contributed by atoms with Crippen LogP contribution in [0.2, 0.25) is 0 Å². The Balaban J connectivity index is 1.74. The summed E-state index contributed by atoms with van der Waals surface area (Å²) in [6, 6.07) is 5.94. The van der Waals surface area contributed by atoms with E-state index in [1.165, 1.54) is 0 Å². The van der Waals surface area contributed by atoms with E-state index < -0.39 is 0 Å². The molecule has 7 nitrogen and oxygen atoms in total. The van der Waals surface area contributed by atoms with Crippen LogP contribution in [0.4, 0.5) is 0 Å². The summed E-state index contributed by atoms with van der Waals surface area (Å²) in [6.45, 7) is 6.06. The number of hydrogen-bond donors (Lipinski definition) is 1. The third-order valence-electron chi connectivity index (χ3n) is 5.01. The number of ether oxygens (including phenoxy) is 3. The van der Waals surface area contributed by atoms with Gasteiger partial charge in [0.1, 0.15) is 5.69 Å². The van der Waals surface area contributed by atoms with Gasteiger partial charge < -0.3 is 24.1 Å². The maximum Gasteiger partial charge on any atom is 0.267 e. The molecule has 0 radical (unpaired) electrons. The van der Waals surface area contributed by atoms with Gasteiger partial charge in [-0.3, -0.25) is 9.69 Å². The normalized spacial score (nSPS) is 16.5. The van der Waals surface area contributed by atoms with Crippen molar-refractivity contribution in [2.24, 2.45) is 7.05 Å². The molecule has 7 heteroatoms. The zero-order chi connectivity index (χ0) is 18.7. The molecule has 1 atom stereocenters. The molecule has 1 N–H and O–H groups in total. The van der Waals surface area contributed by atoms with Crippen LogP contribution in [0.25, 0.3) is 10.9 Å². The summed E-state index contributed by atoms with van der Waals surface area (Å²) in [5.74, 6) is 1.22. The third kappa shape index (κ3) is 3.64. The predicted octanol–water partition coefficient (Wildman–Crippen LogP) is 1.65. The molecule has 3 rings (SSSR count). The number of nitrogens with one attached hydrogen (secondary N) is 1. The van der Waals surface area contributed by atoms with Crippen molar-refractivity contribution in [3.63, 3.8) is 0 Å². The lowest BCUT2D eigenvalue weighted by atomic mass is 10.2. The van der Waals surface area contributed by atoms with E-state index in [0.29, 0.717) is 23.7 Å². The third-order valence-corrected chi connectivity index (χ3v) is 5.01. The highest BCUT2D eigenvalue weighted by Gasteiger charge is 2.20. The lowest BCUT2D eigenvalue weighted by molar-refractivity contribution is 0.0204. The Hall–Kier alpha value is -2.25. The van der Waals surface area contributed by atoms with Crippen molar-refractivity contribution in [1.82, 2.24) is 14.8 Å². The van der Waals surface area contributed by atoms with Crippen LogP contribution in [-0.4, -0.2) is 68.5 Å². The van der Waals surface area contributed by atoms with Crippen molar-refractivity contribution in [1.29, 1.82) is 0 Å². The Labute approximate surface area is 153 Å². The summed E-state index contributed by atoms with van der Waals surface area (Å²) < 4.78 is 18.0. The van der Waals surface area contributed by atoms with Gasteiger partial charge in [-0.25, -0.2) is 0 Å². The van der Waals surface area contributed by atoms with Crippen molar-refractivity contribution in [2.45, 2.75) is 13.0 Å². The molecule has 1 aliphatic rings. The summed E-state index contributed by atoms with van der Waals surface area (Å²) >= 11 is 0. The number of benzene rings is 1. The van der Waals surface area contributed by atoms with Crippen LogP contribution in [0, 0.1) is 0 Å². The summed E-state index contributed by atoms with van der Waals surface area (Å²) in [6.07, 6.45) is 0. The zero-order valence-electron chi connectivity index (χ0n) is 15.9. The van der Waals surface area contributed by atoms with Gasteiger partial charge in [0.05, 0.1) is 33.0 Å². The van der Waals surface area contributed by atoms with E-state index in [-0.39, 0.29) is 11.9 Å². The second-order valence-electron chi connectivity index (χ2n) is 6.56. The van der Waals surface area contributed by atoms with E-state index in [9.17, 15) is 4.79 Å². The lowest BCUT2D eigenvalue weighted by Gasteiger charge is -2.32. The summed E-state index contributed by atoms with van der Waals surface area (Å²) in [5.41, 5.74) is 1.54. The maximum atomic E-state index is 12.7. The molecular formula is C19H27N3O4. The number of hydrogen-bond acceptors (Lipinski definition) is 5. The Bertz CT molecular complexity index is 781. The van der Waals surface area contributed by atoms with Gasteiger partial charge in [-0.15, -0.1) is 0 Å². The first kappa shape index (κ1) is 18.5. The highest BCUT2D eigenvalue weighted by molar-refractivity contribution is 5.99. The molecule has 1 unspecified atom stereocenters. The molecule has 142 valence electrons. The molecule has 2 heterocycles. The van der Waals surface area contributed by atoms with Crippen LogP contribution in [0.1, 0.15) is 17.4 Å². The minimum Gasteiger partial charge on any atom is -0.493 e. The Morgan fingerprint density at radius 3 is 2.50 bits per heavy atom. The smallest absolute Gasteiger partial charge is 0.267 e. The zero-order valence-corrected chi connectivity index (χ0v) is 15.9. The molecule has 0 aliphatic carbocycles. The molecule has 1 aliphatic heterocycles. The van der Waals surface area contributed by atoms with Crippen LogP contribution < -0.4 is 14.8 Å². The second kappa shape index (κ2) is 7.97. The summed E-state index contributed by atoms with van der Waals surface area (Å²) in [5, 5.41) is 3.99. The SMILES string of the molecule is COc1cc2cc(C(=O)NCC(C)N3CCOCC3)n(C)c2cc1OC. The van der Waals surface area contributed by atoms with Gasteiger partial charge >= 0.3 is 0 Å². The molecule has 1 aromatic heterocycles. The number of amides is 1. The average molecular weight is 361 g/mol. The average Bonchev–Trinajstić information content (AvgIpc) is 3.01. The first-order chi connectivity index (χ1) is 12.5. The highest BCUT2D eigenvalue weighted by atomic mass is 16.5. The van der Waals surface area contributed by atoms with Crippen LogP contribution in [0.5, 0.6) is 11.5 Å². The van der Waals surface area contributed by atoms with Gasteiger partial charge in [0.2, 0.25) is 0 Å². The molecule has 2 aromatic rings. The number of morpholine rings is 1. The molecule has 0 bridgehead atoms. The van der Waals surface area contributed by atoms with Crippen molar-refractivity contribution >= 4 is 16.8 Å². The van der Waals surface area contributed by atoms with Crippen LogP contribution in [0.3, 0.4) is 0 Å². The largest absolute Gasteiger partial charge is 0.493 e.